The van der Waals surface area contributed by atoms with Crippen LogP contribution in [0.15, 0.2) is 28.2 Å². The summed E-state index contributed by atoms with van der Waals surface area (Å²) < 4.78 is 5.24. The van der Waals surface area contributed by atoms with Crippen LogP contribution in [0.1, 0.15) is 23.6 Å². The van der Waals surface area contributed by atoms with Gasteiger partial charge in [0.1, 0.15) is 5.03 Å². The van der Waals surface area contributed by atoms with E-state index in [1.54, 1.807) is 18.9 Å². The molecule has 1 aliphatic heterocycles. The van der Waals surface area contributed by atoms with E-state index in [1.807, 2.05) is 0 Å². The normalized spacial score (nSPS) is 15.5. The van der Waals surface area contributed by atoms with Crippen LogP contribution in [0.3, 0.4) is 0 Å². The van der Waals surface area contributed by atoms with Crippen LogP contribution < -0.4 is 0 Å². The Hall–Kier alpha value is -1.30. The van der Waals surface area contributed by atoms with E-state index in [0.29, 0.717) is 6.61 Å². The van der Waals surface area contributed by atoms with Gasteiger partial charge in [0, 0.05) is 37.7 Å². The first-order valence-corrected chi connectivity index (χ1v) is 8.81. The number of halogens is 1. The number of rotatable bonds is 4. The van der Waals surface area contributed by atoms with Gasteiger partial charge < -0.3 is 9.64 Å². The van der Waals surface area contributed by atoms with Crippen LogP contribution >= 0.6 is 24.2 Å². The van der Waals surface area contributed by atoms with Crippen LogP contribution in [0.5, 0.6) is 0 Å². The number of amidine groups is 1. The average molecular weight is 366 g/mol. The molecular weight excluding hydrogens is 342 g/mol. The Balaban J connectivity index is 0.00000208. The molecule has 1 aromatic heterocycles. The number of aliphatic imine (C=N–C) groups is 1. The summed E-state index contributed by atoms with van der Waals surface area (Å²) in [5, 5.41) is 3.36. The molecule has 1 aromatic carbocycles. The van der Waals surface area contributed by atoms with E-state index < -0.39 is 0 Å². The van der Waals surface area contributed by atoms with Crippen molar-refractivity contribution in [1.29, 1.82) is 0 Å². The van der Waals surface area contributed by atoms with Crippen LogP contribution in [0.4, 0.5) is 0 Å². The minimum absolute atomic E-state index is 0. The van der Waals surface area contributed by atoms with Crippen molar-refractivity contribution < 1.29 is 4.74 Å². The minimum Gasteiger partial charge on any atom is -0.383 e. The molecule has 0 atom stereocenters. The monoisotopic (exact) mass is 365 g/mol. The molecule has 2 aromatic rings. The lowest BCUT2D eigenvalue weighted by molar-refractivity contribution is 0.174. The van der Waals surface area contributed by atoms with Gasteiger partial charge in [-0.15, -0.1) is 12.4 Å². The van der Waals surface area contributed by atoms with Crippen LogP contribution in [-0.4, -0.2) is 41.9 Å². The molecule has 3 rings (SSSR count). The third kappa shape index (κ3) is 3.85. The van der Waals surface area contributed by atoms with Gasteiger partial charge >= 0.3 is 0 Å². The molecule has 1 aliphatic rings. The number of hydrogen-bond donors (Lipinski definition) is 0. The topological polar surface area (TPSA) is 37.7 Å². The molecular formula is C18H24ClN3OS. The second-order valence-corrected chi connectivity index (χ2v) is 6.84. The van der Waals surface area contributed by atoms with Crippen molar-refractivity contribution in [2.24, 2.45) is 4.99 Å². The summed E-state index contributed by atoms with van der Waals surface area (Å²) in [6.07, 6.45) is 0. The maximum absolute atomic E-state index is 5.24. The van der Waals surface area contributed by atoms with Gasteiger partial charge in [-0.2, -0.15) is 0 Å². The number of methoxy groups -OCH3 is 1. The van der Waals surface area contributed by atoms with Gasteiger partial charge in [-0.3, -0.25) is 4.99 Å². The van der Waals surface area contributed by atoms with Gasteiger partial charge in [-0.1, -0.05) is 11.6 Å². The van der Waals surface area contributed by atoms with Crippen LogP contribution in [0.25, 0.3) is 10.9 Å². The van der Waals surface area contributed by atoms with Crippen LogP contribution in [0.2, 0.25) is 0 Å². The number of ether oxygens (including phenoxy) is 1. The predicted octanol–water partition coefficient (Wildman–Crippen LogP) is 4.20. The molecule has 0 N–H and O–H groups in total. The van der Waals surface area contributed by atoms with Gasteiger partial charge in [0.25, 0.3) is 0 Å². The van der Waals surface area contributed by atoms with Crippen molar-refractivity contribution in [2.75, 3.05) is 26.8 Å². The van der Waals surface area contributed by atoms with Crippen molar-refractivity contribution in [3.05, 3.63) is 34.9 Å². The molecule has 2 heterocycles. The quantitative estimate of drug-likeness (QED) is 0.813. The molecule has 0 bridgehead atoms. The maximum Gasteiger partial charge on any atom is 0.165 e. The second-order valence-electron chi connectivity index (χ2n) is 5.88. The Morgan fingerprint density at radius 3 is 2.79 bits per heavy atom. The molecule has 130 valence electrons. The molecule has 0 saturated heterocycles. The van der Waals surface area contributed by atoms with Crippen molar-refractivity contribution in [2.45, 2.75) is 32.3 Å². The second kappa shape index (κ2) is 8.19. The summed E-state index contributed by atoms with van der Waals surface area (Å²) in [4.78, 5) is 11.9. The number of aromatic nitrogens is 1. The first kappa shape index (κ1) is 19.0. The highest BCUT2D eigenvalue weighted by Gasteiger charge is 2.24. The number of fused-ring (bicyclic) bond motifs is 2. The van der Waals surface area contributed by atoms with E-state index in [2.05, 4.69) is 48.9 Å². The number of benzene rings is 1. The molecule has 0 spiro atoms. The van der Waals surface area contributed by atoms with Crippen molar-refractivity contribution >= 4 is 40.2 Å². The van der Waals surface area contributed by atoms with E-state index in [1.165, 1.54) is 22.1 Å². The number of pyridine rings is 1. The van der Waals surface area contributed by atoms with Crippen LogP contribution in [0, 0.1) is 13.8 Å². The Morgan fingerprint density at radius 1 is 1.29 bits per heavy atom. The summed E-state index contributed by atoms with van der Waals surface area (Å²) in [6, 6.07) is 6.70. The largest absolute Gasteiger partial charge is 0.383 e. The average Bonchev–Trinajstić information content (AvgIpc) is 2.51. The van der Waals surface area contributed by atoms with Gasteiger partial charge in [0.05, 0.1) is 12.1 Å². The van der Waals surface area contributed by atoms with Gasteiger partial charge in [0.2, 0.25) is 0 Å². The molecule has 0 saturated carbocycles. The van der Waals surface area contributed by atoms with Gasteiger partial charge in [-0.25, -0.2) is 4.98 Å². The highest BCUT2D eigenvalue weighted by atomic mass is 35.5. The SMILES string of the molecule is CCN=C1Sc2nc3c(C)cc(C)cc3cc2CN1CCOC.Cl. The fraction of sp³-hybridized carbons (Fsp3) is 0.444. The summed E-state index contributed by atoms with van der Waals surface area (Å²) in [7, 11) is 1.74. The van der Waals surface area contributed by atoms with Gasteiger partial charge in [0.15, 0.2) is 5.17 Å². The number of thioether (sulfide) groups is 1. The molecule has 0 unspecified atom stereocenters. The molecule has 0 radical (unpaired) electrons. The van der Waals surface area contributed by atoms with Crippen molar-refractivity contribution in [3.63, 3.8) is 0 Å². The van der Waals surface area contributed by atoms with E-state index >= 15 is 0 Å². The molecule has 6 heteroatoms. The first-order chi connectivity index (χ1) is 11.1. The first-order valence-electron chi connectivity index (χ1n) is 7.99. The lowest BCUT2D eigenvalue weighted by atomic mass is 10.1. The molecule has 0 amide bonds. The Bertz CT molecular complexity index is 764. The summed E-state index contributed by atoms with van der Waals surface area (Å²) in [6.45, 7) is 9.53. The van der Waals surface area contributed by atoms with Crippen molar-refractivity contribution in [3.8, 4) is 0 Å². The Morgan fingerprint density at radius 2 is 2.08 bits per heavy atom. The molecule has 0 aliphatic carbocycles. The zero-order valence-corrected chi connectivity index (χ0v) is 16.3. The fourth-order valence-electron chi connectivity index (χ4n) is 2.95. The maximum atomic E-state index is 5.24. The fourth-order valence-corrected chi connectivity index (χ4v) is 3.99. The van der Waals surface area contributed by atoms with E-state index in [-0.39, 0.29) is 12.4 Å². The van der Waals surface area contributed by atoms with E-state index in [0.717, 1.165) is 35.3 Å². The van der Waals surface area contributed by atoms with E-state index in [4.69, 9.17) is 9.72 Å². The zero-order chi connectivity index (χ0) is 16.4. The summed E-state index contributed by atoms with van der Waals surface area (Å²) >= 11 is 1.68. The minimum atomic E-state index is 0. The third-order valence-corrected chi connectivity index (χ3v) is 5.09. The number of aryl methyl sites for hydroxylation is 2. The predicted molar refractivity (Wildman–Crippen MR) is 105 cm³/mol. The Labute approximate surface area is 154 Å². The highest BCUT2D eigenvalue weighted by Crippen LogP contribution is 2.34. The summed E-state index contributed by atoms with van der Waals surface area (Å²) in [5.41, 5.74) is 4.89. The smallest absolute Gasteiger partial charge is 0.165 e. The third-order valence-electron chi connectivity index (χ3n) is 3.97. The molecule has 24 heavy (non-hydrogen) atoms. The molecule has 4 nitrogen and oxygen atoms in total. The lowest BCUT2D eigenvalue weighted by Crippen LogP contribution is -2.34. The van der Waals surface area contributed by atoms with E-state index in [9.17, 15) is 0 Å². The lowest BCUT2D eigenvalue weighted by Gasteiger charge is -2.30. The zero-order valence-electron chi connectivity index (χ0n) is 14.6. The van der Waals surface area contributed by atoms with Crippen LogP contribution in [-0.2, 0) is 11.3 Å². The number of nitrogens with zero attached hydrogens (tertiary/aromatic N) is 3. The summed E-state index contributed by atoms with van der Waals surface area (Å²) in [5.74, 6) is 0. The highest BCUT2D eigenvalue weighted by molar-refractivity contribution is 8.13. The molecule has 0 fully saturated rings. The van der Waals surface area contributed by atoms with Gasteiger partial charge in [-0.05, 0) is 50.2 Å². The Kier molecular flexibility index (Phi) is 6.49. The number of hydrogen-bond acceptors (Lipinski definition) is 4. The van der Waals surface area contributed by atoms with Crippen molar-refractivity contribution in [1.82, 2.24) is 9.88 Å². The standard InChI is InChI=1S/C18H23N3OS.ClH/c1-5-19-18-21(6-7-22-4)11-15-10-14-9-12(2)8-13(3)16(14)20-17(15)23-18;/h8-10H,5-7,11H2,1-4H3;1H.